The molecule has 1 aromatic rings. The summed E-state index contributed by atoms with van der Waals surface area (Å²) in [5, 5.41) is 25.8. The highest BCUT2D eigenvalue weighted by Gasteiger charge is 2.21. The summed E-state index contributed by atoms with van der Waals surface area (Å²) in [6, 6.07) is 7.31. The largest absolute Gasteiger partial charge is 0.481 e. The Morgan fingerprint density at radius 2 is 1.53 bits per heavy atom. The van der Waals surface area contributed by atoms with Crippen molar-refractivity contribution < 1.29 is 9.90 Å². The lowest BCUT2D eigenvalue weighted by atomic mass is 10.1. The van der Waals surface area contributed by atoms with Gasteiger partial charge in [-0.05, 0) is 0 Å². The third-order valence-corrected chi connectivity index (χ3v) is 1.66. The van der Waals surface area contributed by atoms with Crippen LogP contribution in [-0.2, 0) is 4.79 Å². The van der Waals surface area contributed by atoms with Crippen molar-refractivity contribution in [1.82, 2.24) is 5.32 Å². The second-order valence-electron chi connectivity index (χ2n) is 2.87. The van der Waals surface area contributed by atoms with E-state index in [0.717, 1.165) is 18.1 Å². The molecular weight excluding hydrogens is 194 g/mol. The number of hydrogen-bond donors (Lipinski definition) is 3. The average Bonchev–Trinajstić information content (AvgIpc) is 2.43. The molecule has 1 aliphatic heterocycles. The van der Waals surface area contributed by atoms with Crippen molar-refractivity contribution in [2.75, 3.05) is 0 Å². The number of carboxylic acid groups (broad SMARTS) is 1. The van der Waals surface area contributed by atoms with Crippen molar-refractivity contribution in [3.8, 4) is 0 Å². The summed E-state index contributed by atoms with van der Waals surface area (Å²) in [6.07, 6.45) is 0. The maximum atomic E-state index is 9.00. The summed E-state index contributed by atoms with van der Waals surface area (Å²) in [5.74, 6) is -0.434. The molecule has 0 amide bonds. The van der Waals surface area contributed by atoms with E-state index in [4.69, 9.17) is 20.7 Å². The van der Waals surface area contributed by atoms with Crippen LogP contribution in [0.15, 0.2) is 24.3 Å². The first-order valence-electron chi connectivity index (χ1n) is 4.20. The first kappa shape index (κ1) is 10.9. The van der Waals surface area contributed by atoms with Crippen LogP contribution in [0.1, 0.15) is 18.1 Å². The number of nitrogens with zero attached hydrogens (tertiary/aromatic N) is 1. The van der Waals surface area contributed by atoms with Crippen molar-refractivity contribution in [3.05, 3.63) is 35.4 Å². The molecule has 0 spiro atoms. The lowest BCUT2D eigenvalue weighted by Crippen LogP contribution is -2.10. The smallest absolute Gasteiger partial charge is 0.300 e. The number of amidine groups is 2. The van der Waals surface area contributed by atoms with Crippen LogP contribution in [0.3, 0.4) is 0 Å². The highest BCUT2D eigenvalue weighted by atomic mass is 16.4. The van der Waals surface area contributed by atoms with Gasteiger partial charge in [0.25, 0.3) is 5.97 Å². The molecule has 1 heterocycles. The molecule has 2 rings (SSSR count). The molecule has 0 aromatic heterocycles. The minimum absolute atomic E-state index is 0.200. The molecule has 77 valence electrons. The molecule has 15 heavy (non-hydrogen) atoms. The number of carboxylic acids is 1. The van der Waals surface area contributed by atoms with E-state index in [-0.39, 0.29) is 11.7 Å². The summed E-state index contributed by atoms with van der Waals surface area (Å²) in [4.78, 5) is 9.00. The minimum atomic E-state index is -0.833. The van der Waals surface area contributed by atoms with E-state index in [9.17, 15) is 0 Å². The van der Waals surface area contributed by atoms with Crippen LogP contribution in [0.5, 0.6) is 0 Å². The van der Waals surface area contributed by atoms with E-state index in [1.807, 2.05) is 24.3 Å². The van der Waals surface area contributed by atoms with E-state index < -0.39 is 5.97 Å². The molecule has 1 aliphatic rings. The lowest BCUT2D eigenvalue weighted by Gasteiger charge is -1.91. The van der Waals surface area contributed by atoms with Gasteiger partial charge in [0, 0.05) is 18.1 Å². The van der Waals surface area contributed by atoms with Crippen molar-refractivity contribution in [2.45, 2.75) is 6.92 Å². The maximum Gasteiger partial charge on any atom is 0.300 e. The van der Waals surface area contributed by atoms with E-state index in [0.29, 0.717) is 0 Å². The number of carbonyl (C=O) groups is 1. The van der Waals surface area contributed by atoms with Gasteiger partial charge in [-0.1, -0.05) is 24.3 Å². The van der Waals surface area contributed by atoms with Crippen LogP contribution < -0.4 is 5.32 Å². The first-order valence-corrected chi connectivity index (χ1v) is 4.20. The van der Waals surface area contributed by atoms with Gasteiger partial charge < -0.3 is 5.11 Å². The van der Waals surface area contributed by atoms with Crippen LogP contribution in [0.2, 0.25) is 0 Å². The lowest BCUT2D eigenvalue weighted by molar-refractivity contribution is -0.134. The highest BCUT2D eigenvalue weighted by Crippen LogP contribution is 2.14. The van der Waals surface area contributed by atoms with Gasteiger partial charge in [0.05, 0.1) is 0 Å². The number of benzene rings is 1. The topological polar surface area (TPSA) is 99.1 Å². The Morgan fingerprint density at radius 1 is 1.20 bits per heavy atom. The molecule has 0 unspecified atom stereocenters. The molecule has 0 bridgehead atoms. The van der Waals surface area contributed by atoms with Gasteiger partial charge in [-0.15, -0.1) is 0 Å². The third kappa shape index (κ3) is 2.63. The van der Waals surface area contributed by atoms with Crippen molar-refractivity contribution in [1.29, 1.82) is 10.8 Å². The predicted molar refractivity (Wildman–Crippen MR) is 55.5 cm³/mol. The summed E-state index contributed by atoms with van der Waals surface area (Å²) in [6.45, 7) is 1.08. The third-order valence-electron chi connectivity index (χ3n) is 1.66. The standard InChI is InChI=1S/C8H6N3.C2H4O2/c9-7-5-3-1-2-4-6(5)8(10)11-7;1-2(3)4/h1-4,9-10H;1H3,(H,3,4). The van der Waals surface area contributed by atoms with Gasteiger partial charge >= 0.3 is 0 Å². The predicted octanol–water partition coefficient (Wildman–Crippen LogP) is 1.05. The van der Waals surface area contributed by atoms with E-state index >= 15 is 0 Å². The van der Waals surface area contributed by atoms with Crippen molar-refractivity contribution in [2.24, 2.45) is 0 Å². The molecular formula is C10H10N3O2. The zero-order valence-corrected chi connectivity index (χ0v) is 8.11. The zero-order chi connectivity index (χ0) is 11.4. The summed E-state index contributed by atoms with van der Waals surface area (Å²) >= 11 is 0. The van der Waals surface area contributed by atoms with E-state index in [2.05, 4.69) is 5.32 Å². The fourth-order valence-corrected chi connectivity index (χ4v) is 1.13. The second-order valence-corrected chi connectivity index (χ2v) is 2.87. The second kappa shape index (κ2) is 4.36. The van der Waals surface area contributed by atoms with Crippen LogP contribution in [-0.4, -0.2) is 22.7 Å². The summed E-state index contributed by atoms with van der Waals surface area (Å²) in [7, 11) is 0. The molecule has 5 heteroatoms. The number of nitrogens with one attached hydrogen (secondary N) is 2. The minimum Gasteiger partial charge on any atom is -0.481 e. The zero-order valence-electron chi connectivity index (χ0n) is 8.11. The average molecular weight is 204 g/mol. The van der Waals surface area contributed by atoms with Gasteiger partial charge in [-0.25, -0.2) is 5.32 Å². The molecule has 0 aliphatic carbocycles. The van der Waals surface area contributed by atoms with Gasteiger partial charge in [0.15, 0.2) is 11.7 Å². The van der Waals surface area contributed by atoms with Gasteiger partial charge in [0.1, 0.15) is 0 Å². The van der Waals surface area contributed by atoms with Crippen LogP contribution >= 0.6 is 0 Å². The van der Waals surface area contributed by atoms with E-state index in [1.165, 1.54) is 0 Å². The van der Waals surface area contributed by atoms with E-state index in [1.54, 1.807) is 0 Å². The Kier molecular flexibility index (Phi) is 3.17. The SMILES string of the molecule is CC(=O)O.N=C1[N]C(=N)c2ccccc21. The van der Waals surface area contributed by atoms with Crippen LogP contribution in [0.4, 0.5) is 0 Å². The molecule has 5 nitrogen and oxygen atoms in total. The molecule has 0 fully saturated rings. The maximum absolute atomic E-state index is 9.00. The quantitative estimate of drug-likeness (QED) is 0.588. The molecule has 3 N–H and O–H groups in total. The fraction of sp³-hybridized carbons (Fsp3) is 0.100. The number of rotatable bonds is 0. The van der Waals surface area contributed by atoms with Crippen LogP contribution in [0.25, 0.3) is 0 Å². The van der Waals surface area contributed by atoms with Crippen LogP contribution in [0, 0.1) is 10.8 Å². The van der Waals surface area contributed by atoms with Crippen molar-refractivity contribution in [3.63, 3.8) is 0 Å². The normalized spacial score (nSPS) is 12.3. The van der Waals surface area contributed by atoms with Gasteiger partial charge in [-0.2, -0.15) is 0 Å². The van der Waals surface area contributed by atoms with Gasteiger partial charge in [0.2, 0.25) is 0 Å². The molecule has 0 saturated carbocycles. The Labute approximate surface area is 86.8 Å². The summed E-state index contributed by atoms with van der Waals surface area (Å²) < 4.78 is 0. The molecule has 0 saturated heterocycles. The van der Waals surface area contributed by atoms with Gasteiger partial charge in [-0.3, -0.25) is 15.6 Å². The Bertz CT molecular complexity index is 389. The fourth-order valence-electron chi connectivity index (χ4n) is 1.13. The summed E-state index contributed by atoms with van der Waals surface area (Å²) in [5.41, 5.74) is 1.52. The number of hydrogen-bond acceptors (Lipinski definition) is 3. The first-order chi connectivity index (χ1) is 7.02. The number of aliphatic carboxylic acids is 1. The molecule has 0 atom stereocenters. The Hall–Kier alpha value is -2.17. The molecule has 1 radical (unpaired) electrons. The highest BCUT2D eigenvalue weighted by molar-refractivity contribution is 6.22. The Balaban J connectivity index is 0.000000245. The number of fused-ring (bicyclic) bond motifs is 1. The molecule has 1 aromatic carbocycles. The monoisotopic (exact) mass is 204 g/mol. The van der Waals surface area contributed by atoms with Crippen molar-refractivity contribution >= 4 is 17.6 Å². The Morgan fingerprint density at radius 3 is 1.87 bits per heavy atom.